The molecule has 2 aromatic carbocycles. The maximum absolute atomic E-state index is 12.9. The van der Waals surface area contributed by atoms with Gasteiger partial charge < -0.3 is 10.1 Å². The molecule has 33 heavy (non-hydrogen) atoms. The van der Waals surface area contributed by atoms with Crippen molar-refractivity contribution in [1.29, 1.82) is 0 Å². The molecular weight excluding hydrogens is 414 g/mol. The summed E-state index contributed by atoms with van der Waals surface area (Å²) in [6, 6.07) is 16.7. The van der Waals surface area contributed by atoms with E-state index in [1.54, 1.807) is 45.2 Å². The third kappa shape index (κ3) is 6.94. The molecule has 1 aromatic heterocycles. The highest BCUT2D eigenvalue weighted by molar-refractivity contribution is 6.06. The first-order valence-corrected chi connectivity index (χ1v) is 10.6. The van der Waals surface area contributed by atoms with E-state index in [1.807, 2.05) is 50.2 Å². The fourth-order valence-electron chi connectivity index (χ4n) is 2.98. The molecule has 0 aliphatic heterocycles. The number of pyridine rings is 1. The first kappa shape index (κ1) is 23.6. The van der Waals surface area contributed by atoms with E-state index in [0.29, 0.717) is 17.1 Å². The quantitative estimate of drug-likeness (QED) is 0.511. The highest BCUT2D eigenvalue weighted by atomic mass is 16.6. The van der Waals surface area contributed by atoms with Crippen LogP contribution in [0.15, 0.2) is 60.8 Å². The molecule has 2 N–H and O–H groups in total. The predicted molar refractivity (Wildman–Crippen MR) is 130 cm³/mol. The second-order valence-corrected chi connectivity index (χ2v) is 8.62. The van der Waals surface area contributed by atoms with Gasteiger partial charge in [-0.25, -0.2) is 9.78 Å². The second kappa shape index (κ2) is 10.0. The topological polar surface area (TPSA) is 80.3 Å². The number of hydrogen-bond donors (Lipinski definition) is 2. The summed E-state index contributed by atoms with van der Waals surface area (Å²) >= 11 is 0. The Hall–Kier alpha value is -4.11. The minimum Gasteiger partial charge on any atom is -0.444 e. The summed E-state index contributed by atoms with van der Waals surface area (Å²) in [4.78, 5) is 29.3. The van der Waals surface area contributed by atoms with E-state index in [9.17, 15) is 9.59 Å². The summed E-state index contributed by atoms with van der Waals surface area (Å²) < 4.78 is 5.27. The van der Waals surface area contributed by atoms with Gasteiger partial charge in [0.25, 0.3) is 5.91 Å². The molecule has 0 radical (unpaired) electrons. The van der Waals surface area contributed by atoms with E-state index in [2.05, 4.69) is 27.5 Å². The Morgan fingerprint density at radius 2 is 1.58 bits per heavy atom. The van der Waals surface area contributed by atoms with Crippen LogP contribution in [0, 0.1) is 25.7 Å². The highest BCUT2D eigenvalue weighted by Gasteiger charge is 2.18. The Balaban J connectivity index is 1.73. The monoisotopic (exact) mass is 441 g/mol. The Morgan fingerprint density at radius 3 is 2.24 bits per heavy atom. The van der Waals surface area contributed by atoms with E-state index < -0.39 is 11.7 Å². The lowest BCUT2D eigenvalue weighted by Gasteiger charge is -2.20. The molecule has 0 bridgehead atoms. The van der Waals surface area contributed by atoms with Crippen LogP contribution >= 0.6 is 0 Å². The molecule has 0 saturated carbocycles. The van der Waals surface area contributed by atoms with Crippen molar-refractivity contribution in [2.75, 3.05) is 10.6 Å². The minimum absolute atomic E-state index is 0.320. The van der Waals surface area contributed by atoms with E-state index in [0.717, 1.165) is 22.3 Å². The Labute approximate surface area is 194 Å². The number of anilines is 2. The van der Waals surface area contributed by atoms with Crippen LogP contribution in [0.5, 0.6) is 0 Å². The summed E-state index contributed by atoms with van der Waals surface area (Å²) in [5.41, 5.74) is 3.52. The van der Waals surface area contributed by atoms with Crippen LogP contribution in [-0.2, 0) is 4.74 Å². The molecule has 3 aromatic rings. The van der Waals surface area contributed by atoms with E-state index in [1.165, 1.54) is 0 Å². The molecule has 0 aliphatic carbocycles. The molecule has 3 rings (SSSR count). The van der Waals surface area contributed by atoms with E-state index in [-0.39, 0.29) is 5.91 Å². The zero-order chi connectivity index (χ0) is 24.0. The van der Waals surface area contributed by atoms with Crippen LogP contribution in [0.4, 0.5) is 16.3 Å². The summed E-state index contributed by atoms with van der Waals surface area (Å²) in [5, 5.41) is 5.50. The molecule has 0 saturated heterocycles. The van der Waals surface area contributed by atoms with Gasteiger partial charge in [-0.2, -0.15) is 0 Å². The first-order valence-electron chi connectivity index (χ1n) is 10.6. The van der Waals surface area contributed by atoms with Crippen molar-refractivity contribution < 1.29 is 14.3 Å². The number of benzene rings is 2. The number of nitrogens with zero attached hydrogens (tertiary/aromatic N) is 1. The lowest BCUT2D eigenvalue weighted by molar-refractivity contribution is 0.0635. The summed E-state index contributed by atoms with van der Waals surface area (Å²) in [5.74, 6) is 6.32. The lowest BCUT2D eigenvalue weighted by atomic mass is 10.1. The number of rotatable bonds is 3. The number of amides is 2. The summed E-state index contributed by atoms with van der Waals surface area (Å²) in [6.07, 6.45) is 1.05. The van der Waals surface area contributed by atoms with Gasteiger partial charge in [0.05, 0.1) is 0 Å². The number of hydrogen-bond acceptors (Lipinski definition) is 4. The number of ether oxygens (including phenoxy) is 1. The molecule has 0 aliphatic rings. The highest BCUT2D eigenvalue weighted by Crippen LogP contribution is 2.20. The number of aryl methyl sites for hydroxylation is 2. The molecule has 0 spiro atoms. The van der Waals surface area contributed by atoms with Crippen molar-refractivity contribution in [1.82, 2.24) is 4.98 Å². The third-order valence-corrected chi connectivity index (χ3v) is 4.56. The SMILES string of the molecule is Cc1ccc(NC(=O)OC(C)(C)C)cc1C(=O)Nc1ncc(C#Cc2ccccc2)cc1C. The first-order chi connectivity index (χ1) is 15.6. The van der Waals surface area contributed by atoms with Gasteiger partial charge in [-0.05, 0) is 76.1 Å². The zero-order valence-corrected chi connectivity index (χ0v) is 19.4. The average molecular weight is 442 g/mol. The van der Waals surface area contributed by atoms with Gasteiger partial charge in [-0.15, -0.1) is 0 Å². The molecule has 1 heterocycles. The summed E-state index contributed by atoms with van der Waals surface area (Å²) in [7, 11) is 0. The summed E-state index contributed by atoms with van der Waals surface area (Å²) in [6.45, 7) is 9.05. The van der Waals surface area contributed by atoms with Gasteiger partial charge in [-0.3, -0.25) is 10.1 Å². The van der Waals surface area contributed by atoms with E-state index in [4.69, 9.17) is 4.74 Å². The maximum Gasteiger partial charge on any atom is 0.412 e. The van der Waals surface area contributed by atoms with Crippen molar-refractivity contribution in [2.24, 2.45) is 0 Å². The van der Waals surface area contributed by atoms with E-state index >= 15 is 0 Å². The molecule has 0 atom stereocenters. The smallest absolute Gasteiger partial charge is 0.412 e. The van der Waals surface area contributed by atoms with Crippen molar-refractivity contribution in [3.63, 3.8) is 0 Å². The Morgan fingerprint density at radius 1 is 0.879 bits per heavy atom. The third-order valence-electron chi connectivity index (χ3n) is 4.56. The largest absolute Gasteiger partial charge is 0.444 e. The fourth-order valence-corrected chi connectivity index (χ4v) is 2.98. The van der Waals surface area contributed by atoms with Crippen LogP contribution < -0.4 is 10.6 Å². The van der Waals surface area contributed by atoms with Crippen molar-refractivity contribution in [3.05, 3.63) is 88.6 Å². The molecule has 168 valence electrons. The average Bonchev–Trinajstić information content (AvgIpc) is 2.74. The standard InChI is InChI=1S/C27H27N3O3/c1-18-11-14-22(29-26(32)33-27(3,4)5)16-23(18)25(31)30-24-19(2)15-21(17-28-24)13-12-20-9-7-6-8-10-20/h6-11,14-17H,1-5H3,(H,29,32)(H,28,30,31). The molecule has 2 amide bonds. The van der Waals surface area contributed by atoms with Crippen molar-refractivity contribution >= 4 is 23.5 Å². The molecular formula is C27H27N3O3. The maximum atomic E-state index is 12.9. The molecule has 0 unspecified atom stereocenters. The number of nitrogens with one attached hydrogen (secondary N) is 2. The number of aromatic nitrogens is 1. The van der Waals surface area contributed by atoms with Gasteiger partial charge in [0, 0.05) is 28.6 Å². The van der Waals surface area contributed by atoms with Crippen LogP contribution in [0.25, 0.3) is 0 Å². The van der Waals surface area contributed by atoms with Crippen LogP contribution in [0.3, 0.4) is 0 Å². The van der Waals surface area contributed by atoms with Crippen LogP contribution in [0.1, 0.15) is 53.4 Å². The lowest BCUT2D eigenvalue weighted by Crippen LogP contribution is -2.27. The normalized spacial score (nSPS) is 10.6. The van der Waals surface area contributed by atoms with Crippen molar-refractivity contribution in [2.45, 2.75) is 40.2 Å². The number of carbonyl (C=O) groups is 2. The van der Waals surface area contributed by atoms with Crippen LogP contribution in [0.2, 0.25) is 0 Å². The zero-order valence-electron chi connectivity index (χ0n) is 19.4. The Kier molecular flexibility index (Phi) is 7.14. The minimum atomic E-state index is -0.615. The van der Waals surface area contributed by atoms with Crippen molar-refractivity contribution in [3.8, 4) is 11.8 Å². The molecule has 6 nitrogen and oxygen atoms in total. The Bertz CT molecular complexity index is 1230. The van der Waals surface area contributed by atoms with Gasteiger partial charge in [0.2, 0.25) is 0 Å². The van der Waals surface area contributed by atoms with Crippen LogP contribution in [-0.4, -0.2) is 22.6 Å². The molecule has 6 heteroatoms. The molecule has 0 fully saturated rings. The fraction of sp³-hybridized carbons (Fsp3) is 0.222. The van der Waals surface area contributed by atoms with Gasteiger partial charge >= 0.3 is 6.09 Å². The van der Waals surface area contributed by atoms with Gasteiger partial charge in [0.1, 0.15) is 11.4 Å². The predicted octanol–water partition coefficient (Wildman–Crippen LogP) is 5.70. The second-order valence-electron chi connectivity index (χ2n) is 8.62. The van der Waals surface area contributed by atoms with Gasteiger partial charge in [-0.1, -0.05) is 36.1 Å². The number of carbonyl (C=O) groups excluding carboxylic acids is 2. The van der Waals surface area contributed by atoms with Gasteiger partial charge in [0.15, 0.2) is 0 Å².